The van der Waals surface area contributed by atoms with Crippen LogP contribution in [0, 0.1) is 10.1 Å². The molecule has 2 N–H and O–H groups in total. The van der Waals surface area contributed by atoms with Crippen molar-refractivity contribution in [3.63, 3.8) is 0 Å². The number of non-ortho nitro benzene ring substituents is 1. The van der Waals surface area contributed by atoms with Crippen molar-refractivity contribution >= 4 is 17.6 Å². The molecule has 1 unspecified atom stereocenters. The molecule has 0 spiro atoms. The Morgan fingerprint density at radius 1 is 1.14 bits per heavy atom. The third-order valence-electron chi connectivity index (χ3n) is 5.02. The van der Waals surface area contributed by atoms with Crippen LogP contribution in [0.2, 0.25) is 0 Å². The first-order chi connectivity index (χ1) is 13.7. The molecular weight excluding hydrogens is 376 g/mol. The van der Waals surface area contributed by atoms with E-state index in [1.165, 1.54) is 29.2 Å². The van der Waals surface area contributed by atoms with Crippen LogP contribution in [-0.4, -0.2) is 42.6 Å². The third-order valence-corrected chi connectivity index (χ3v) is 5.02. The zero-order chi connectivity index (χ0) is 21.2. The Kier molecular flexibility index (Phi) is 5.51. The number of amides is 3. The average Bonchev–Trinajstić information content (AvgIpc) is 2.92. The van der Waals surface area contributed by atoms with Gasteiger partial charge in [0.25, 0.3) is 11.6 Å². The van der Waals surface area contributed by atoms with Gasteiger partial charge in [0.05, 0.1) is 19.1 Å². The molecule has 29 heavy (non-hydrogen) atoms. The second-order valence-corrected chi connectivity index (χ2v) is 7.23. The first kappa shape index (κ1) is 20.3. The smallest absolute Gasteiger partial charge is 0.329 e. The van der Waals surface area contributed by atoms with Crippen molar-refractivity contribution in [2.45, 2.75) is 19.0 Å². The molecule has 1 aliphatic rings. The number of quaternary nitrogens is 1. The fraction of sp³-hybridized carbons (Fsp3) is 0.300. The average molecular weight is 399 g/mol. The summed E-state index contributed by atoms with van der Waals surface area (Å²) < 4.78 is 5.15. The number of benzene rings is 2. The summed E-state index contributed by atoms with van der Waals surface area (Å²) in [6, 6.07) is 12.8. The van der Waals surface area contributed by atoms with Gasteiger partial charge in [-0.25, -0.2) is 9.69 Å². The van der Waals surface area contributed by atoms with Gasteiger partial charge in [-0.1, -0.05) is 0 Å². The van der Waals surface area contributed by atoms with Crippen LogP contribution in [0.25, 0.3) is 0 Å². The highest BCUT2D eigenvalue weighted by molar-refractivity contribution is 6.07. The Bertz CT molecular complexity index is 929. The van der Waals surface area contributed by atoms with Gasteiger partial charge in [0.15, 0.2) is 6.67 Å². The number of hydrogen-bond acceptors (Lipinski definition) is 5. The molecule has 9 heteroatoms. The summed E-state index contributed by atoms with van der Waals surface area (Å²) in [6.45, 7) is 2.42. The first-order valence-corrected chi connectivity index (χ1v) is 9.08. The maximum Gasteiger partial charge on any atom is 0.329 e. The predicted molar refractivity (Wildman–Crippen MR) is 104 cm³/mol. The van der Waals surface area contributed by atoms with Crippen LogP contribution in [0.1, 0.15) is 18.1 Å². The number of carbonyl (C=O) groups excluding carboxylic acids is 2. The number of nitro groups is 1. The molecule has 0 bridgehead atoms. The van der Waals surface area contributed by atoms with Crippen LogP contribution in [-0.2, 0) is 16.9 Å². The van der Waals surface area contributed by atoms with Crippen LogP contribution in [0.15, 0.2) is 48.5 Å². The van der Waals surface area contributed by atoms with Crippen LogP contribution < -0.4 is 15.0 Å². The van der Waals surface area contributed by atoms with Crippen molar-refractivity contribution in [2.75, 3.05) is 20.8 Å². The molecular formula is C20H23N4O5+. The van der Waals surface area contributed by atoms with Gasteiger partial charge in [0.1, 0.15) is 17.8 Å². The van der Waals surface area contributed by atoms with Crippen LogP contribution in [0.3, 0.4) is 0 Å². The lowest BCUT2D eigenvalue weighted by Gasteiger charge is -2.23. The van der Waals surface area contributed by atoms with Crippen LogP contribution in [0.5, 0.6) is 5.75 Å². The quantitative estimate of drug-likeness (QED) is 0.411. The number of methoxy groups -OCH3 is 1. The second-order valence-electron chi connectivity index (χ2n) is 7.23. The number of carbonyl (C=O) groups is 2. The molecule has 2 atom stereocenters. The van der Waals surface area contributed by atoms with E-state index < -0.39 is 16.5 Å². The summed E-state index contributed by atoms with van der Waals surface area (Å²) in [6.07, 6.45) is 0. The third kappa shape index (κ3) is 4.04. The van der Waals surface area contributed by atoms with Gasteiger partial charge in [-0.05, 0) is 48.9 Å². The van der Waals surface area contributed by atoms with Crippen molar-refractivity contribution in [3.05, 3.63) is 69.8 Å². The number of nitro benzene ring substituents is 1. The van der Waals surface area contributed by atoms with E-state index in [1.807, 2.05) is 31.3 Å². The van der Waals surface area contributed by atoms with E-state index >= 15 is 0 Å². The van der Waals surface area contributed by atoms with E-state index in [-0.39, 0.29) is 18.3 Å². The minimum atomic E-state index is -1.26. The van der Waals surface area contributed by atoms with Gasteiger partial charge in [-0.3, -0.25) is 14.9 Å². The molecule has 2 aromatic carbocycles. The maximum atomic E-state index is 13.0. The van der Waals surface area contributed by atoms with Crippen molar-refractivity contribution < 1.29 is 24.1 Å². The van der Waals surface area contributed by atoms with Crippen molar-refractivity contribution in [1.29, 1.82) is 0 Å². The molecule has 9 nitrogen and oxygen atoms in total. The summed E-state index contributed by atoms with van der Waals surface area (Å²) in [5.74, 6) is 0.379. The molecule has 0 aliphatic carbocycles. The molecule has 1 heterocycles. The van der Waals surface area contributed by atoms with Crippen molar-refractivity contribution in [2.24, 2.45) is 0 Å². The Hall–Kier alpha value is -3.46. The standard InChI is InChI=1S/C20H22N4O5/c1-20(15-6-8-16(9-7-15)24(27)28)18(25)23(19(26)21-20)13-22(2)12-14-4-10-17(29-3)11-5-14/h4-11H,12-13H2,1-3H3,(H,21,26)/p+1/t20-/m0/s1. The molecule has 0 radical (unpaired) electrons. The zero-order valence-corrected chi connectivity index (χ0v) is 16.5. The van der Waals surface area contributed by atoms with Gasteiger partial charge >= 0.3 is 6.03 Å². The fourth-order valence-electron chi connectivity index (χ4n) is 3.37. The maximum absolute atomic E-state index is 13.0. The SMILES string of the molecule is COc1ccc(C[NH+](C)CN2C(=O)N[C@@](C)(c3ccc([N+](=O)[O-])cc3)C2=O)cc1. The molecule has 0 saturated carbocycles. The minimum absolute atomic E-state index is 0.0744. The van der Waals surface area contributed by atoms with Gasteiger partial charge in [0.2, 0.25) is 0 Å². The molecule has 3 rings (SSSR count). The molecule has 2 aromatic rings. The van der Waals surface area contributed by atoms with Crippen LogP contribution >= 0.6 is 0 Å². The van der Waals surface area contributed by atoms with Gasteiger partial charge in [-0.15, -0.1) is 0 Å². The number of rotatable bonds is 7. The number of hydrogen-bond donors (Lipinski definition) is 2. The van der Waals surface area contributed by atoms with E-state index in [0.29, 0.717) is 12.1 Å². The summed E-state index contributed by atoms with van der Waals surface area (Å²) in [5, 5.41) is 13.6. The van der Waals surface area contributed by atoms with Crippen LogP contribution in [0.4, 0.5) is 10.5 Å². The number of nitrogens with one attached hydrogen (secondary N) is 2. The Balaban J connectivity index is 1.71. The second kappa shape index (κ2) is 7.88. The lowest BCUT2D eigenvalue weighted by Crippen LogP contribution is -3.09. The molecule has 1 aliphatic heterocycles. The molecule has 0 aromatic heterocycles. The minimum Gasteiger partial charge on any atom is -0.497 e. The number of imide groups is 1. The zero-order valence-electron chi connectivity index (χ0n) is 16.5. The fourth-order valence-corrected chi connectivity index (χ4v) is 3.37. The highest BCUT2D eigenvalue weighted by atomic mass is 16.6. The Morgan fingerprint density at radius 2 is 1.76 bits per heavy atom. The first-order valence-electron chi connectivity index (χ1n) is 9.08. The lowest BCUT2D eigenvalue weighted by atomic mass is 9.92. The predicted octanol–water partition coefficient (Wildman–Crippen LogP) is 1.04. The topological polar surface area (TPSA) is 106 Å². The van der Waals surface area contributed by atoms with E-state index in [1.54, 1.807) is 14.0 Å². The van der Waals surface area contributed by atoms with Gasteiger partial charge in [-0.2, -0.15) is 0 Å². The normalized spacial score (nSPS) is 19.8. The lowest BCUT2D eigenvalue weighted by molar-refractivity contribution is -0.901. The molecule has 1 saturated heterocycles. The Labute approximate surface area is 168 Å². The number of ether oxygens (including phenoxy) is 1. The van der Waals surface area contributed by atoms with E-state index in [4.69, 9.17) is 4.74 Å². The number of nitrogens with zero attached hydrogens (tertiary/aromatic N) is 2. The summed E-state index contributed by atoms with van der Waals surface area (Å²) in [7, 11) is 3.50. The van der Waals surface area contributed by atoms with Gasteiger partial charge in [0, 0.05) is 17.7 Å². The van der Waals surface area contributed by atoms with Crippen molar-refractivity contribution in [3.8, 4) is 5.75 Å². The van der Waals surface area contributed by atoms with E-state index in [9.17, 15) is 19.7 Å². The summed E-state index contributed by atoms with van der Waals surface area (Å²) in [4.78, 5) is 37.9. The van der Waals surface area contributed by atoms with E-state index in [0.717, 1.165) is 16.2 Å². The number of urea groups is 1. The van der Waals surface area contributed by atoms with Gasteiger partial charge < -0.3 is 15.0 Å². The molecule has 1 fully saturated rings. The largest absolute Gasteiger partial charge is 0.497 e. The van der Waals surface area contributed by atoms with Crippen molar-refractivity contribution in [1.82, 2.24) is 10.2 Å². The molecule has 3 amide bonds. The highest BCUT2D eigenvalue weighted by Crippen LogP contribution is 2.29. The Morgan fingerprint density at radius 3 is 2.31 bits per heavy atom. The monoisotopic (exact) mass is 399 g/mol. The summed E-state index contributed by atoms with van der Waals surface area (Å²) >= 11 is 0. The summed E-state index contributed by atoms with van der Waals surface area (Å²) in [5.41, 5.74) is 0.215. The van der Waals surface area contributed by atoms with E-state index in [2.05, 4.69) is 5.32 Å². The molecule has 152 valence electrons. The highest BCUT2D eigenvalue weighted by Gasteiger charge is 2.50.